The van der Waals surface area contributed by atoms with Crippen LogP contribution in [0.2, 0.25) is 0 Å². The molecule has 88 valence electrons. The SMILES string of the molecule is COC(=O)CCCCN1CCN(C)CC1. The maximum Gasteiger partial charge on any atom is 0.305 e. The molecule has 0 amide bonds. The van der Waals surface area contributed by atoms with Crippen molar-refractivity contribution in [1.29, 1.82) is 0 Å². The van der Waals surface area contributed by atoms with Gasteiger partial charge in [-0.3, -0.25) is 4.79 Å². The van der Waals surface area contributed by atoms with E-state index in [1.165, 1.54) is 7.11 Å². The third-order valence-corrected chi connectivity index (χ3v) is 2.93. The minimum absolute atomic E-state index is 0.0895. The Hall–Kier alpha value is -0.610. The number of nitrogens with zero attached hydrogens (tertiary/aromatic N) is 2. The van der Waals surface area contributed by atoms with Crippen LogP contribution in [0.3, 0.4) is 0 Å². The van der Waals surface area contributed by atoms with Crippen LogP contribution in [0, 0.1) is 0 Å². The van der Waals surface area contributed by atoms with Crippen LogP contribution in [0.25, 0.3) is 0 Å². The number of rotatable bonds is 5. The summed E-state index contributed by atoms with van der Waals surface area (Å²) in [6.07, 6.45) is 2.60. The molecule has 0 aromatic heterocycles. The molecule has 1 aliphatic heterocycles. The molecule has 0 N–H and O–H groups in total. The Kier molecular flexibility index (Phi) is 5.65. The third kappa shape index (κ3) is 5.14. The molecular weight excluding hydrogens is 192 g/mol. The second kappa shape index (κ2) is 6.80. The Morgan fingerprint density at radius 2 is 1.87 bits per heavy atom. The van der Waals surface area contributed by atoms with Crippen LogP contribution in [0.4, 0.5) is 0 Å². The molecule has 0 unspecified atom stereocenters. The zero-order valence-electron chi connectivity index (χ0n) is 9.87. The van der Waals surface area contributed by atoms with Crippen LogP contribution < -0.4 is 0 Å². The highest BCUT2D eigenvalue weighted by molar-refractivity contribution is 5.68. The van der Waals surface area contributed by atoms with Crippen molar-refractivity contribution in [2.45, 2.75) is 19.3 Å². The minimum atomic E-state index is -0.0895. The lowest BCUT2D eigenvalue weighted by Gasteiger charge is -2.32. The summed E-state index contributed by atoms with van der Waals surface area (Å²) in [6, 6.07) is 0. The van der Waals surface area contributed by atoms with Gasteiger partial charge in [0.25, 0.3) is 0 Å². The molecule has 1 aliphatic rings. The van der Waals surface area contributed by atoms with Gasteiger partial charge in [-0.05, 0) is 26.4 Å². The van der Waals surface area contributed by atoms with E-state index in [0.29, 0.717) is 6.42 Å². The van der Waals surface area contributed by atoms with E-state index in [4.69, 9.17) is 0 Å². The van der Waals surface area contributed by atoms with Crippen LogP contribution in [-0.4, -0.2) is 62.7 Å². The van der Waals surface area contributed by atoms with Gasteiger partial charge in [0.15, 0.2) is 0 Å². The first kappa shape index (κ1) is 12.5. The number of carbonyl (C=O) groups excluding carboxylic acids is 1. The van der Waals surface area contributed by atoms with Crippen molar-refractivity contribution in [1.82, 2.24) is 9.80 Å². The van der Waals surface area contributed by atoms with E-state index in [-0.39, 0.29) is 5.97 Å². The van der Waals surface area contributed by atoms with Crippen molar-refractivity contribution < 1.29 is 9.53 Å². The van der Waals surface area contributed by atoms with Crippen molar-refractivity contribution in [3.8, 4) is 0 Å². The normalized spacial score (nSPS) is 19.1. The number of esters is 1. The summed E-state index contributed by atoms with van der Waals surface area (Å²) in [4.78, 5) is 15.7. The molecule has 0 aliphatic carbocycles. The number of unbranched alkanes of at least 4 members (excludes halogenated alkanes) is 1. The van der Waals surface area contributed by atoms with Crippen molar-refractivity contribution in [2.24, 2.45) is 0 Å². The van der Waals surface area contributed by atoms with Crippen LogP contribution >= 0.6 is 0 Å². The Bertz CT molecular complexity index is 189. The van der Waals surface area contributed by atoms with Crippen LogP contribution in [-0.2, 0) is 9.53 Å². The van der Waals surface area contributed by atoms with Crippen molar-refractivity contribution in [2.75, 3.05) is 46.9 Å². The standard InChI is InChI=1S/C11H22N2O2/c1-12-7-9-13(10-8-12)6-4-3-5-11(14)15-2/h3-10H2,1-2H3. The van der Waals surface area contributed by atoms with Gasteiger partial charge in [-0.15, -0.1) is 0 Å². The zero-order valence-corrected chi connectivity index (χ0v) is 9.87. The number of ether oxygens (including phenoxy) is 1. The predicted molar refractivity (Wildman–Crippen MR) is 59.8 cm³/mol. The molecule has 1 heterocycles. The molecule has 4 nitrogen and oxygen atoms in total. The monoisotopic (exact) mass is 214 g/mol. The van der Waals surface area contributed by atoms with E-state index in [1.54, 1.807) is 0 Å². The van der Waals surface area contributed by atoms with Gasteiger partial charge < -0.3 is 14.5 Å². The fourth-order valence-electron chi connectivity index (χ4n) is 1.78. The van der Waals surface area contributed by atoms with Crippen molar-refractivity contribution in [3.05, 3.63) is 0 Å². The zero-order chi connectivity index (χ0) is 11.1. The van der Waals surface area contributed by atoms with Crippen LogP contribution in [0.5, 0.6) is 0 Å². The van der Waals surface area contributed by atoms with E-state index in [2.05, 4.69) is 21.6 Å². The number of hydrogen-bond donors (Lipinski definition) is 0. The lowest BCUT2D eigenvalue weighted by atomic mass is 10.2. The lowest BCUT2D eigenvalue weighted by Crippen LogP contribution is -2.44. The highest BCUT2D eigenvalue weighted by atomic mass is 16.5. The molecular formula is C11H22N2O2. The summed E-state index contributed by atoms with van der Waals surface area (Å²) < 4.78 is 4.60. The third-order valence-electron chi connectivity index (χ3n) is 2.93. The maximum absolute atomic E-state index is 10.9. The molecule has 1 rings (SSSR count). The highest BCUT2D eigenvalue weighted by Crippen LogP contribution is 2.03. The molecule has 4 heteroatoms. The maximum atomic E-state index is 10.9. The first-order valence-electron chi connectivity index (χ1n) is 5.70. The Balaban J connectivity index is 1.98. The fourth-order valence-corrected chi connectivity index (χ4v) is 1.78. The average Bonchev–Trinajstić information content (AvgIpc) is 2.26. The van der Waals surface area contributed by atoms with Crippen molar-refractivity contribution in [3.63, 3.8) is 0 Å². The number of carbonyl (C=O) groups is 1. The van der Waals surface area contributed by atoms with Gasteiger partial charge in [0.2, 0.25) is 0 Å². The first-order chi connectivity index (χ1) is 7.22. The Labute approximate surface area is 92.2 Å². The van der Waals surface area contributed by atoms with E-state index < -0.39 is 0 Å². The second-order valence-corrected chi connectivity index (χ2v) is 4.18. The number of likely N-dealkylation sites (N-methyl/N-ethyl adjacent to an activating group) is 1. The molecule has 15 heavy (non-hydrogen) atoms. The summed E-state index contributed by atoms with van der Waals surface area (Å²) >= 11 is 0. The van der Waals surface area contributed by atoms with Gasteiger partial charge in [0, 0.05) is 32.6 Å². The number of piperazine rings is 1. The quantitative estimate of drug-likeness (QED) is 0.495. The Morgan fingerprint density at radius 3 is 2.47 bits per heavy atom. The molecule has 1 saturated heterocycles. The topological polar surface area (TPSA) is 32.8 Å². The smallest absolute Gasteiger partial charge is 0.305 e. The summed E-state index contributed by atoms with van der Waals surface area (Å²) in [5.74, 6) is -0.0895. The van der Waals surface area contributed by atoms with Gasteiger partial charge in [-0.25, -0.2) is 0 Å². The van der Waals surface area contributed by atoms with E-state index in [0.717, 1.165) is 45.6 Å². The first-order valence-corrected chi connectivity index (χ1v) is 5.70. The van der Waals surface area contributed by atoms with Crippen LogP contribution in [0.1, 0.15) is 19.3 Å². The fraction of sp³-hybridized carbons (Fsp3) is 0.909. The summed E-state index contributed by atoms with van der Waals surface area (Å²) in [6.45, 7) is 5.77. The Morgan fingerprint density at radius 1 is 1.20 bits per heavy atom. The minimum Gasteiger partial charge on any atom is -0.469 e. The predicted octanol–water partition coefficient (Wildman–Crippen LogP) is 0.577. The molecule has 0 aromatic carbocycles. The van der Waals surface area contributed by atoms with Gasteiger partial charge in [-0.2, -0.15) is 0 Å². The molecule has 0 aromatic rings. The highest BCUT2D eigenvalue weighted by Gasteiger charge is 2.12. The van der Waals surface area contributed by atoms with Gasteiger partial charge in [0.05, 0.1) is 7.11 Å². The van der Waals surface area contributed by atoms with Gasteiger partial charge in [-0.1, -0.05) is 0 Å². The lowest BCUT2D eigenvalue weighted by molar-refractivity contribution is -0.140. The molecule has 0 spiro atoms. The van der Waals surface area contributed by atoms with E-state index in [1.807, 2.05) is 0 Å². The summed E-state index contributed by atoms with van der Waals surface area (Å²) in [5.41, 5.74) is 0. The average molecular weight is 214 g/mol. The van der Waals surface area contributed by atoms with E-state index >= 15 is 0 Å². The molecule has 0 atom stereocenters. The van der Waals surface area contributed by atoms with Gasteiger partial charge in [0.1, 0.15) is 0 Å². The second-order valence-electron chi connectivity index (χ2n) is 4.18. The van der Waals surface area contributed by atoms with Crippen LogP contribution in [0.15, 0.2) is 0 Å². The largest absolute Gasteiger partial charge is 0.469 e. The van der Waals surface area contributed by atoms with Crippen molar-refractivity contribution >= 4 is 5.97 Å². The van der Waals surface area contributed by atoms with E-state index in [9.17, 15) is 4.79 Å². The van der Waals surface area contributed by atoms with Gasteiger partial charge >= 0.3 is 5.97 Å². The summed E-state index contributed by atoms with van der Waals surface area (Å²) in [5, 5.41) is 0. The molecule has 0 radical (unpaired) electrons. The molecule has 0 bridgehead atoms. The number of methoxy groups -OCH3 is 1. The number of hydrogen-bond acceptors (Lipinski definition) is 4. The molecule has 1 fully saturated rings. The summed E-state index contributed by atoms with van der Waals surface area (Å²) in [7, 11) is 3.61. The molecule has 0 saturated carbocycles.